The minimum absolute atomic E-state index is 0. The van der Waals surface area contributed by atoms with E-state index >= 15 is 0 Å². The Morgan fingerprint density at radius 1 is 0.289 bits per heavy atom. The van der Waals surface area contributed by atoms with Crippen LogP contribution < -0.4 is 0 Å². The van der Waals surface area contributed by atoms with Crippen molar-refractivity contribution in [2.45, 2.75) is 84.6 Å². The van der Waals surface area contributed by atoms with E-state index in [9.17, 15) is 0 Å². The molecule has 0 saturated heterocycles. The van der Waals surface area contributed by atoms with Crippen molar-refractivity contribution in [3.63, 3.8) is 0 Å². The summed E-state index contributed by atoms with van der Waals surface area (Å²) in [5.41, 5.74) is 0. The van der Waals surface area contributed by atoms with Crippen LogP contribution in [-0.2, 0) is 0 Å². The van der Waals surface area contributed by atoms with Crippen LogP contribution in [0.2, 0.25) is 0 Å². The van der Waals surface area contributed by atoms with Gasteiger partial charge >= 0.3 is 0 Å². The smallest absolute Gasteiger partial charge is 0.0319 e. The van der Waals surface area contributed by atoms with Gasteiger partial charge in [-0.25, -0.2) is 0 Å². The maximum Gasteiger partial charge on any atom is 0.0319 e. The summed E-state index contributed by atoms with van der Waals surface area (Å²) in [6, 6.07) is 0. The van der Waals surface area contributed by atoms with Crippen molar-refractivity contribution in [1.29, 1.82) is 0 Å². The van der Waals surface area contributed by atoms with Gasteiger partial charge in [0.1, 0.15) is 0 Å². The van der Waals surface area contributed by atoms with E-state index in [-0.39, 0.29) is 22.3 Å². The Kier molecular flexibility index (Phi) is 2130. The number of aliphatic imine (C=N–C) groups is 3. The number of aliphatic hydroxyl groups excluding tert-OH is 6. The summed E-state index contributed by atoms with van der Waals surface area (Å²) in [6.07, 6.45) is 12.9. The highest BCUT2D eigenvalue weighted by Gasteiger charge is 1.68. The second-order valence-corrected chi connectivity index (χ2v) is 12.4. The highest BCUT2D eigenvalue weighted by atomic mass is 127. The van der Waals surface area contributed by atoms with Crippen LogP contribution in [0.25, 0.3) is 0 Å². The van der Waals surface area contributed by atoms with Gasteiger partial charge in [0.05, 0.1) is 0 Å². The molecule has 598 valence electrons. The molecule has 0 aromatic heterocycles. The van der Waals surface area contributed by atoms with Gasteiger partial charge in [-0.3, -0.25) is 0 Å². The van der Waals surface area contributed by atoms with E-state index in [0.29, 0.717) is 0 Å². The molecule has 0 radical (unpaired) electrons. The summed E-state index contributed by atoms with van der Waals surface area (Å²) in [4.78, 5) is 25.7. The van der Waals surface area contributed by atoms with Crippen molar-refractivity contribution in [2.75, 3.05) is 261 Å². The SMILES string of the molecule is C.C.C.C=CC.C=CC.C=CC.C=CC.C=NC.C=NC.C=NC.CBr.CBr.CBr.CBr.CBr.CBr.CC.CC(C)C.CCl.CCl.CCl.CCl.CI.CI.CN(C)C.CN(C)C.CN(C)C.CN(C)C.CN(C)C.CN(C)C.CO.CO.CO.CO.CO.CO. The van der Waals surface area contributed by atoms with Crippen molar-refractivity contribution in [3.05, 3.63) is 50.6 Å². The van der Waals surface area contributed by atoms with Gasteiger partial charge < -0.3 is 75.0 Å². The van der Waals surface area contributed by atoms with E-state index in [2.05, 4.69) is 269 Å². The Hall–Kier alpha value is 2.99. The first kappa shape index (κ1) is 242. The zero-order chi connectivity index (χ0) is 82.0. The molecule has 0 aliphatic rings. The summed E-state index contributed by atoms with van der Waals surface area (Å²) >= 11 is 40.5. The average Bonchev–Trinajstić information content (AvgIpc) is 3.51. The molecule has 0 aliphatic heterocycles. The van der Waals surface area contributed by atoms with Gasteiger partial charge in [0.2, 0.25) is 0 Å². The average molecular weight is 2040 g/mol. The fourth-order valence-electron chi connectivity index (χ4n) is 0. The maximum atomic E-state index is 7.00. The molecule has 0 heterocycles. The largest absolute Gasteiger partial charge is 0.400 e. The number of alkyl halides is 12. The standard InChI is InChI=1S/C4H10.6C3H9N.4C3H6.3C2H5N.C2H6.6CH3Br.4CH3Cl.2CH3I.6CH4O.3CH4/c7*1-4(2)3;7*1-3-2;19*1-2;;;/h4H,1-3H3;6*1-3H3;4*3H,1H2,2H3;3*1H2,2H3;1-2H3;12*1H3;6*2H,1H3;3*1H4. The minimum atomic E-state index is 0. The van der Waals surface area contributed by atoms with Gasteiger partial charge in [-0.15, -0.1) is 72.7 Å². The monoisotopic (exact) mass is 2030 g/mol. The van der Waals surface area contributed by atoms with Crippen molar-refractivity contribution >= 4 is 207 Å². The topological polar surface area (TPSA) is 178 Å². The lowest BCUT2D eigenvalue weighted by molar-refractivity contribution is 0.399. The highest BCUT2D eigenvalue weighted by Crippen LogP contribution is 1.81. The van der Waals surface area contributed by atoms with Crippen LogP contribution in [0.5, 0.6) is 0 Å². The number of halogens is 12. The Balaban J connectivity index is -0.00000000986. The Labute approximate surface area is 677 Å². The molecule has 0 rings (SSSR count). The van der Waals surface area contributed by atoms with E-state index in [1.807, 2.05) is 243 Å². The van der Waals surface area contributed by atoms with E-state index in [1.54, 1.807) is 45.4 Å². The first-order valence-electron chi connectivity index (χ1n) is 24.2. The van der Waals surface area contributed by atoms with Crippen molar-refractivity contribution < 1.29 is 30.6 Å². The summed E-state index contributed by atoms with van der Waals surface area (Å²) in [5, 5.41) is 42.0. The fourth-order valence-corrected chi connectivity index (χ4v) is 0. The van der Waals surface area contributed by atoms with Crippen LogP contribution in [-0.4, -0.2) is 341 Å². The number of aliphatic hydroxyl groups is 6. The minimum Gasteiger partial charge on any atom is -0.400 e. The summed E-state index contributed by atoms with van der Waals surface area (Å²) in [6.45, 7) is 40.8. The maximum absolute atomic E-state index is 7.00. The predicted octanol–water partition coefficient (Wildman–Crippen LogP) is 20.6. The van der Waals surface area contributed by atoms with Crippen molar-refractivity contribution in [2.24, 2.45) is 20.9 Å². The summed E-state index contributed by atoms with van der Waals surface area (Å²) in [5.74, 6) is 11.7. The van der Waals surface area contributed by atoms with Crippen LogP contribution in [0.4, 0.5) is 0 Å². The van der Waals surface area contributed by atoms with Gasteiger partial charge in [0.15, 0.2) is 0 Å². The molecule has 0 atom stereocenters. The van der Waals surface area contributed by atoms with Crippen LogP contribution in [0.3, 0.4) is 0 Å². The molecule has 0 aromatic carbocycles. The third-order valence-corrected chi connectivity index (χ3v) is 0. The molecule has 27 heteroatoms. The van der Waals surface area contributed by atoms with Gasteiger partial charge in [0, 0.05) is 89.3 Å². The quantitative estimate of drug-likeness (QED) is 0.0586. The normalized spacial score (nSPS) is 5.08. The van der Waals surface area contributed by atoms with Crippen LogP contribution in [0.1, 0.15) is 84.6 Å². The molecule has 0 aromatic rings. The fraction of sp³-hybridized carbons (Fsp3) is 0.825. The molecule has 15 nitrogen and oxygen atoms in total. The summed E-state index contributed by atoms with van der Waals surface area (Å²) < 4.78 is 0. The van der Waals surface area contributed by atoms with Crippen LogP contribution in [0.15, 0.2) is 65.6 Å². The molecule has 0 bridgehead atoms. The van der Waals surface area contributed by atoms with E-state index in [0.717, 1.165) is 48.6 Å². The molecule has 0 aliphatic carbocycles. The molecule has 0 amide bonds. The number of allylic oxidation sites excluding steroid dienone is 4. The molecule has 90 heavy (non-hydrogen) atoms. The second kappa shape index (κ2) is 793. The first-order chi connectivity index (χ1) is 41.0. The third-order valence-electron chi connectivity index (χ3n) is 0. The van der Waals surface area contributed by atoms with E-state index in [1.165, 1.54) is 25.5 Å². The van der Waals surface area contributed by atoms with Gasteiger partial charge in [-0.2, -0.15) is 0 Å². The second-order valence-electron chi connectivity index (χ2n) is 12.4. The molecular formula is C63H181Br6Cl4I2N9O6. The molecular weight excluding hydrogens is 1850 g/mol. The van der Waals surface area contributed by atoms with Gasteiger partial charge in [-0.1, -0.05) is 222 Å². The number of rotatable bonds is 0. The Bertz CT molecular complexity index is 426. The zero-order valence-corrected chi connectivity index (χ0v) is 83.9. The van der Waals surface area contributed by atoms with Gasteiger partial charge in [-0.05, 0) is 225 Å². The number of hydrogen-bond acceptors (Lipinski definition) is 15. The van der Waals surface area contributed by atoms with E-state index < -0.39 is 0 Å². The molecule has 0 fully saturated rings. The van der Waals surface area contributed by atoms with Crippen LogP contribution in [0, 0.1) is 5.92 Å². The highest BCUT2D eigenvalue weighted by molar-refractivity contribution is 14.1. The lowest BCUT2D eigenvalue weighted by atomic mass is 10.3. The van der Waals surface area contributed by atoms with E-state index in [4.69, 9.17) is 30.6 Å². The van der Waals surface area contributed by atoms with Crippen molar-refractivity contribution in [1.82, 2.24) is 29.4 Å². The number of nitrogens with zero attached hydrogens (tertiary/aromatic N) is 9. The lowest BCUT2D eigenvalue weighted by Gasteiger charge is -1.90. The van der Waals surface area contributed by atoms with Crippen molar-refractivity contribution in [3.8, 4) is 0 Å². The zero-order valence-electron chi connectivity index (χ0n) is 67.1. The van der Waals surface area contributed by atoms with Gasteiger partial charge in [0.25, 0.3) is 0 Å². The summed E-state index contributed by atoms with van der Waals surface area (Å²) in [7, 11) is 46.9. The molecule has 6 N–H and O–H groups in total. The van der Waals surface area contributed by atoms with Crippen LogP contribution >= 0.6 is 187 Å². The molecule has 0 saturated carbocycles. The Morgan fingerprint density at radius 3 is 0.289 bits per heavy atom. The third kappa shape index (κ3) is 82400. The predicted molar refractivity (Wildman–Crippen MR) is 505 cm³/mol. The first-order valence-corrected chi connectivity index (χ1v) is 41.1. The molecule has 0 spiro atoms. The Morgan fingerprint density at radius 2 is 0.289 bits per heavy atom. The lowest BCUT2D eigenvalue weighted by Crippen LogP contribution is -1.99. The number of hydrogen-bond donors (Lipinski definition) is 6. The molecule has 0 unspecified atom stereocenters.